The van der Waals surface area contributed by atoms with Crippen LogP contribution < -0.4 is 0 Å². The van der Waals surface area contributed by atoms with Crippen LogP contribution in [0.2, 0.25) is 0 Å². The Bertz CT molecular complexity index is 854. The molecular weight excluding hydrogens is 265 g/mol. The predicted molar refractivity (Wildman–Crippen MR) is 79.9 cm³/mol. The molecule has 0 aliphatic carbocycles. The third-order valence-corrected chi connectivity index (χ3v) is 3.62. The number of halogens is 1. The molecule has 0 unspecified atom stereocenters. The standard InChI is InChI=1S/C17H14FN3/c1-3-12-6-16-14(7-15(12)18)13(8-19)10-21(16)17-5-4-11(2)9-20-17/h4-7,9-10H,3H2,1-2H3. The monoisotopic (exact) mass is 279 g/mol. The van der Waals surface area contributed by atoms with Gasteiger partial charge in [-0.15, -0.1) is 0 Å². The van der Waals surface area contributed by atoms with Gasteiger partial charge in [0.25, 0.3) is 0 Å². The van der Waals surface area contributed by atoms with E-state index in [4.69, 9.17) is 0 Å². The fourth-order valence-corrected chi connectivity index (χ4v) is 2.44. The summed E-state index contributed by atoms with van der Waals surface area (Å²) in [5, 5.41) is 9.87. The summed E-state index contributed by atoms with van der Waals surface area (Å²) >= 11 is 0. The molecule has 0 saturated carbocycles. The highest BCUT2D eigenvalue weighted by Gasteiger charge is 2.13. The number of pyridine rings is 1. The molecule has 2 aromatic heterocycles. The van der Waals surface area contributed by atoms with Crippen LogP contribution in [0.1, 0.15) is 23.6 Å². The van der Waals surface area contributed by atoms with Crippen LogP contribution in [0.4, 0.5) is 4.39 Å². The van der Waals surface area contributed by atoms with E-state index in [2.05, 4.69) is 11.1 Å². The van der Waals surface area contributed by atoms with E-state index in [1.54, 1.807) is 18.5 Å². The van der Waals surface area contributed by atoms with Crippen molar-refractivity contribution in [2.45, 2.75) is 20.3 Å². The first-order chi connectivity index (χ1) is 10.1. The molecule has 3 nitrogen and oxygen atoms in total. The van der Waals surface area contributed by atoms with E-state index in [9.17, 15) is 9.65 Å². The maximum absolute atomic E-state index is 14.0. The number of rotatable bonds is 2. The summed E-state index contributed by atoms with van der Waals surface area (Å²) < 4.78 is 15.8. The molecule has 1 aromatic carbocycles. The summed E-state index contributed by atoms with van der Waals surface area (Å²) in [4.78, 5) is 4.38. The Morgan fingerprint density at radius 2 is 2.14 bits per heavy atom. The quantitative estimate of drug-likeness (QED) is 0.713. The summed E-state index contributed by atoms with van der Waals surface area (Å²) in [6, 6.07) is 9.22. The number of benzene rings is 1. The maximum Gasteiger partial charge on any atom is 0.137 e. The van der Waals surface area contributed by atoms with E-state index in [1.165, 1.54) is 6.07 Å². The van der Waals surface area contributed by atoms with Crippen molar-refractivity contribution in [3.63, 3.8) is 0 Å². The lowest BCUT2D eigenvalue weighted by molar-refractivity contribution is 0.614. The maximum atomic E-state index is 14.0. The van der Waals surface area contributed by atoms with Gasteiger partial charge in [0.05, 0.1) is 11.1 Å². The second-order valence-corrected chi connectivity index (χ2v) is 5.03. The molecule has 0 bridgehead atoms. The van der Waals surface area contributed by atoms with Crippen LogP contribution in [-0.4, -0.2) is 9.55 Å². The van der Waals surface area contributed by atoms with E-state index in [-0.39, 0.29) is 5.82 Å². The minimum absolute atomic E-state index is 0.267. The van der Waals surface area contributed by atoms with Gasteiger partial charge in [0, 0.05) is 17.8 Å². The molecule has 2 heterocycles. The van der Waals surface area contributed by atoms with Gasteiger partial charge in [0.1, 0.15) is 17.7 Å². The van der Waals surface area contributed by atoms with Crippen LogP contribution in [0.15, 0.2) is 36.7 Å². The minimum atomic E-state index is -0.267. The molecule has 0 N–H and O–H groups in total. The molecular formula is C17H14FN3. The summed E-state index contributed by atoms with van der Waals surface area (Å²) in [5.41, 5.74) is 2.96. The van der Waals surface area contributed by atoms with E-state index in [0.29, 0.717) is 22.9 Å². The Hall–Kier alpha value is -2.67. The van der Waals surface area contributed by atoms with Gasteiger partial charge >= 0.3 is 0 Å². The van der Waals surface area contributed by atoms with Crippen molar-refractivity contribution in [1.82, 2.24) is 9.55 Å². The molecule has 3 aromatic rings. The molecule has 4 heteroatoms. The summed E-state index contributed by atoms with van der Waals surface area (Å²) in [6.07, 6.45) is 4.09. The Morgan fingerprint density at radius 3 is 2.76 bits per heavy atom. The van der Waals surface area contributed by atoms with Crippen LogP contribution >= 0.6 is 0 Å². The highest BCUT2D eigenvalue weighted by Crippen LogP contribution is 2.27. The number of aromatic nitrogens is 2. The molecule has 0 fully saturated rings. The molecule has 0 aliphatic heterocycles. The lowest BCUT2D eigenvalue weighted by Gasteiger charge is -2.06. The molecule has 0 amide bonds. The van der Waals surface area contributed by atoms with Crippen molar-refractivity contribution in [3.05, 3.63) is 59.2 Å². The van der Waals surface area contributed by atoms with Gasteiger partial charge < -0.3 is 0 Å². The summed E-state index contributed by atoms with van der Waals surface area (Å²) in [5.74, 6) is 0.455. The molecule has 3 rings (SSSR count). The number of nitriles is 1. The topological polar surface area (TPSA) is 41.6 Å². The average molecular weight is 279 g/mol. The third kappa shape index (κ3) is 2.17. The van der Waals surface area contributed by atoms with E-state index in [0.717, 1.165) is 16.9 Å². The predicted octanol–water partition coefficient (Wildman–Crippen LogP) is 3.91. The molecule has 0 atom stereocenters. The van der Waals surface area contributed by atoms with Crippen molar-refractivity contribution in [3.8, 4) is 11.9 Å². The number of nitrogens with zero attached hydrogens (tertiary/aromatic N) is 3. The third-order valence-electron chi connectivity index (χ3n) is 3.62. The fraction of sp³-hybridized carbons (Fsp3) is 0.176. The van der Waals surface area contributed by atoms with Crippen LogP contribution in [0.5, 0.6) is 0 Å². The first kappa shape index (κ1) is 13.3. The highest BCUT2D eigenvalue weighted by atomic mass is 19.1. The van der Waals surface area contributed by atoms with Gasteiger partial charge in [0.15, 0.2) is 0 Å². The van der Waals surface area contributed by atoms with Gasteiger partial charge in [-0.1, -0.05) is 13.0 Å². The van der Waals surface area contributed by atoms with Crippen molar-refractivity contribution in [2.75, 3.05) is 0 Å². The zero-order chi connectivity index (χ0) is 15.0. The largest absolute Gasteiger partial charge is 0.300 e. The van der Waals surface area contributed by atoms with E-state index in [1.807, 2.05) is 30.5 Å². The summed E-state index contributed by atoms with van der Waals surface area (Å²) in [6.45, 7) is 3.88. The van der Waals surface area contributed by atoms with Crippen molar-refractivity contribution in [2.24, 2.45) is 0 Å². The van der Waals surface area contributed by atoms with Crippen molar-refractivity contribution in [1.29, 1.82) is 5.26 Å². The lowest BCUT2D eigenvalue weighted by Crippen LogP contribution is -1.97. The van der Waals surface area contributed by atoms with Gasteiger partial charge in [-0.05, 0) is 42.7 Å². The van der Waals surface area contributed by atoms with Gasteiger partial charge in [-0.3, -0.25) is 4.57 Å². The second kappa shape index (κ2) is 5.02. The Morgan fingerprint density at radius 1 is 1.33 bits per heavy atom. The average Bonchev–Trinajstić information content (AvgIpc) is 2.84. The fourth-order valence-electron chi connectivity index (χ4n) is 2.44. The SMILES string of the molecule is CCc1cc2c(cc1F)c(C#N)cn2-c1ccc(C)cn1. The number of hydrogen-bond acceptors (Lipinski definition) is 2. The van der Waals surface area contributed by atoms with E-state index >= 15 is 0 Å². The van der Waals surface area contributed by atoms with Crippen molar-refractivity contribution < 1.29 is 4.39 Å². The smallest absolute Gasteiger partial charge is 0.137 e. The zero-order valence-electron chi connectivity index (χ0n) is 11.9. The first-order valence-electron chi connectivity index (χ1n) is 6.80. The van der Waals surface area contributed by atoms with Gasteiger partial charge in [0.2, 0.25) is 0 Å². The van der Waals surface area contributed by atoms with Crippen LogP contribution in [0, 0.1) is 24.1 Å². The van der Waals surface area contributed by atoms with Crippen LogP contribution in [0.25, 0.3) is 16.7 Å². The molecule has 21 heavy (non-hydrogen) atoms. The first-order valence-corrected chi connectivity index (χ1v) is 6.80. The Balaban J connectivity index is 2.32. The molecule has 0 aliphatic rings. The zero-order valence-corrected chi connectivity index (χ0v) is 11.9. The lowest BCUT2D eigenvalue weighted by atomic mass is 10.1. The number of aryl methyl sites for hydroxylation is 2. The van der Waals surface area contributed by atoms with Gasteiger partial charge in [-0.25, -0.2) is 9.37 Å². The number of hydrogen-bond donors (Lipinski definition) is 0. The molecule has 104 valence electrons. The van der Waals surface area contributed by atoms with Gasteiger partial charge in [-0.2, -0.15) is 5.26 Å². The van der Waals surface area contributed by atoms with Crippen LogP contribution in [-0.2, 0) is 6.42 Å². The normalized spacial score (nSPS) is 10.8. The molecule has 0 radical (unpaired) electrons. The Kier molecular flexibility index (Phi) is 3.19. The highest BCUT2D eigenvalue weighted by molar-refractivity contribution is 5.88. The number of fused-ring (bicyclic) bond motifs is 1. The summed E-state index contributed by atoms with van der Waals surface area (Å²) in [7, 11) is 0. The second-order valence-electron chi connectivity index (χ2n) is 5.03. The van der Waals surface area contributed by atoms with Crippen molar-refractivity contribution >= 4 is 10.9 Å². The van der Waals surface area contributed by atoms with Crippen LogP contribution in [0.3, 0.4) is 0 Å². The van der Waals surface area contributed by atoms with E-state index < -0.39 is 0 Å². The Labute approximate surface area is 122 Å². The molecule has 0 saturated heterocycles. The minimum Gasteiger partial charge on any atom is -0.300 e. The molecule has 0 spiro atoms.